The summed E-state index contributed by atoms with van der Waals surface area (Å²) in [4.78, 5) is 23.4. The lowest BCUT2D eigenvalue weighted by Gasteiger charge is -2.22. The molecule has 0 bridgehead atoms. The highest BCUT2D eigenvalue weighted by Gasteiger charge is 2.22. The SMILES string of the molecule is NC(CCCc1ccccc1)N(N)C(=O)OC(=O)OCc1ccccc1. The first-order valence-corrected chi connectivity index (χ1v) is 8.32. The molecule has 7 heteroatoms. The Morgan fingerprint density at radius 3 is 2.15 bits per heavy atom. The zero-order valence-corrected chi connectivity index (χ0v) is 14.4. The number of amides is 1. The van der Waals surface area contributed by atoms with Gasteiger partial charge in [0.15, 0.2) is 0 Å². The second kappa shape index (κ2) is 10.2. The average Bonchev–Trinajstić information content (AvgIpc) is 2.67. The van der Waals surface area contributed by atoms with Gasteiger partial charge in [-0.1, -0.05) is 60.7 Å². The van der Waals surface area contributed by atoms with Crippen LogP contribution in [0.15, 0.2) is 60.7 Å². The highest BCUT2D eigenvalue weighted by atomic mass is 16.7. The highest BCUT2D eigenvalue weighted by Crippen LogP contribution is 2.08. The first kappa shape index (κ1) is 19.4. The third-order valence-electron chi connectivity index (χ3n) is 3.75. The highest BCUT2D eigenvalue weighted by molar-refractivity contribution is 5.80. The molecule has 0 radical (unpaired) electrons. The lowest BCUT2D eigenvalue weighted by molar-refractivity contribution is 0.0490. The van der Waals surface area contributed by atoms with Crippen LogP contribution in [-0.4, -0.2) is 23.4 Å². The van der Waals surface area contributed by atoms with Crippen LogP contribution in [0.4, 0.5) is 9.59 Å². The molecule has 1 amide bonds. The van der Waals surface area contributed by atoms with Crippen molar-refractivity contribution in [3.8, 4) is 0 Å². The standard InChI is InChI=1S/C19H23N3O4/c20-17(13-7-12-15-8-3-1-4-9-15)22(21)18(23)26-19(24)25-14-16-10-5-2-6-11-16/h1-6,8-11,17H,7,12-14,20-21H2. The predicted octanol–water partition coefficient (Wildman–Crippen LogP) is 2.94. The zero-order chi connectivity index (χ0) is 18.8. The van der Waals surface area contributed by atoms with Gasteiger partial charge in [0.1, 0.15) is 6.61 Å². The van der Waals surface area contributed by atoms with Crippen LogP contribution >= 0.6 is 0 Å². The number of hydrazine groups is 1. The van der Waals surface area contributed by atoms with Crippen molar-refractivity contribution in [1.82, 2.24) is 5.01 Å². The molecule has 1 unspecified atom stereocenters. The molecule has 1 atom stereocenters. The third-order valence-corrected chi connectivity index (χ3v) is 3.75. The van der Waals surface area contributed by atoms with Crippen molar-refractivity contribution in [2.24, 2.45) is 11.6 Å². The van der Waals surface area contributed by atoms with Crippen LogP contribution in [-0.2, 0) is 22.5 Å². The molecule has 2 aromatic rings. The molecule has 2 rings (SSSR count). The van der Waals surface area contributed by atoms with E-state index in [1.807, 2.05) is 48.5 Å². The summed E-state index contributed by atoms with van der Waals surface area (Å²) in [6.07, 6.45) is -0.894. The maximum absolute atomic E-state index is 11.8. The van der Waals surface area contributed by atoms with Crippen molar-refractivity contribution < 1.29 is 19.1 Å². The number of ether oxygens (including phenoxy) is 2. The van der Waals surface area contributed by atoms with Crippen LogP contribution in [0.1, 0.15) is 24.0 Å². The maximum Gasteiger partial charge on any atom is 0.517 e. The molecule has 0 saturated carbocycles. The van der Waals surface area contributed by atoms with Crippen molar-refractivity contribution in [2.75, 3.05) is 0 Å². The van der Waals surface area contributed by atoms with E-state index in [0.29, 0.717) is 11.4 Å². The van der Waals surface area contributed by atoms with Gasteiger partial charge in [0.25, 0.3) is 0 Å². The number of carbonyl (C=O) groups is 2. The van der Waals surface area contributed by atoms with Gasteiger partial charge in [0, 0.05) is 0 Å². The summed E-state index contributed by atoms with van der Waals surface area (Å²) in [7, 11) is 0. The van der Waals surface area contributed by atoms with Crippen LogP contribution in [0.3, 0.4) is 0 Å². The Labute approximate surface area is 152 Å². The number of aryl methyl sites for hydroxylation is 1. The smallest absolute Gasteiger partial charge is 0.429 e. The summed E-state index contributed by atoms with van der Waals surface area (Å²) in [5, 5.41) is 0.703. The molecule has 0 aromatic heterocycles. The van der Waals surface area contributed by atoms with E-state index in [4.69, 9.17) is 16.3 Å². The molecule has 0 spiro atoms. The fraction of sp³-hybridized carbons (Fsp3) is 0.263. The van der Waals surface area contributed by atoms with Gasteiger partial charge in [-0.25, -0.2) is 20.4 Å². The largest absolute Gasteiger partial charge is 0.517 e. The summed E-state index contributed by atoms with van der Waals surface area (Å²) < 4.78 is 9.40. The summed E-state index contributed by atoms with van der Waals surface area (Å²) in [5.74, 6) is 5.62. The van der Waals surface area contributed by atoms with E-state index in [2.05, 4.69) is 4.74 Å². The van der Waals surface area contributed by atoms with E-state index >= 15 is 0 Å². The van der Waals surface area contributed by atoms with Crippen LogP contribution in [0.25, 0.3) is 0 Å². The molecule has 0 fully saturated rings. The molecule has 26 heavy (non-hydrogen) atoms. The quantitative estimate of drug-likeness (QED) is 0.197. The molecule has 0 aliphatic rings. The number of benzene rings is 2. The molecular weight excluding hydrogens is 334 g/mol. The minimum atomic E-state index is -1.12. The van der Waals surface area contributed by atoms with Crippen molar-refractivity contribution in [1.29, 1.82) is 0 Å². The topological polar surface area (TPSA) is 108 Å². The second-order valence-corrected chi connectivity index (χ2v) is 5.74. The van der Waals surface area contributed by atoms with Gasteiger partial charge < -0.3 is 15.2 Å². The minimum Gasteiger partial charge on any atom is -0.429 e. The Bertz CT molecular complexity index is 694. The Hall–Kier alpha value is -2.90. The lowest BCUT2D eigenvalue weighted by Crippen LogP contribution is -2.51. The second-order valence-electron chi connectivity index (χ2n) is 5.74. The van der Waals surface area contributed by atoms with Crippen molar-refractivity contribution in [3.63, 3.8) is 0 Å². The predicted molar refractivity (Wildman–Crippen MR) is 96.5 cm³/mol. The molecule has 2 aromatic carbocycles. The first-order chi connectivity index (χ1) is 12.6. The molecule has 7 nitrogen and oxygen atoms in total. The average molecular weight is 357 g/mol. The Balaban J connectivity index is 1.69. The van der Waals surface area contributed by atoms with E-state index in [1.54, 1.807) is 12.1 Å². The molecule has 138 valence electrons. The maximum atomic E-state index is 11.8. The molecule has 4 N–H and O–H groups in total. The lowest BCUT2D eigenvalue weighted by atomic mass is 10.1. The Kier molecular flexibility index (Phi) is 7.60. The monoisotopic (exact) mass is 357 g/mol. The third kappa shape index (κ3) is 6.54. The normalized spacial score (nSPS) is 11.5. The zero-order valence-electron chi connectivity index (χ0n) is 14.4. The number of nitrogens with two attached hydrogens (primary N) is 2. The van der Waals surface area contributed by atoms with Crippen LogP contribution in [0.2, 0.25) is 0 Å². The van der Waals surface area contributed by atoms with Gasteiger partial charge in [-0.05, 0) is 30.4 Å². The van der Waals surface area contributed by atoms with E-state index in [0.717, 1.165) is 18.4 Å². The van der Waals surface area contributed by atoms with Gasteiger partial charge in [-0.3, -0.25) is 0 Å². The van der Waals surface area contributed by atoms with E-state index in [-0.39, 0.29) is 6.61 Å². The summed E-state index contributed by atoms with van der Waals surface area (Å²) in [6, 6.07) is 18.9. The molecular formula is C19H23N3O4. The first-order valence-electron chi connectivity index (χ1n) is 8.32. The van der Waals surface area contributed by atoms with Gasteiger partial charge in [0.05, 0.1) is 6.17 Å². The molecule has 0 saturated heterocycles. The minimum absolute atomic E-state index is 0.000649. The van der Waals surface area contributed by atoms with Gasteiger partial charge in [-0.15, -0.1) is 0 Å². The van der Waals surface area contributed by atoms with E-state index in [9.17, 15) is 9.59 Å². The van der Waals surface area contributed by atoms with Gasteiger partial charge in [0.2, 0.25) is 0 Å². The van der Waals surface area contributed by atoms with Crippen LogP contribution in [0, 0.1) is 0 Å². The fourth-order valence-corrected chi connectivity index (χ4v) is 2.30. The number of hydrogen-bond donors (Lipinski definition) is 2. The summed E-state index contributed by atoms with van der Waals surface area (Å²) in [6.45, 7) is 0.000649. The number of rotatable bonds is 7. The van der Waals surface area contributed by atoms with Gasteiger partial charge in [-0.2, -0.15) is 0 Å². The van der Waals surface area contributed by atoms with Crippen molar-refractivity contribution >= 4 is 12.2 Å². The Morgan fingerprint density at radius 1 is 0.962 bits per heavy atom. The number of carbonyl (C=O) groups excluding carboxylic acids is 2. The van der Waals surface area contributed by atoms with E-state index in [1.165, 1.54) is 5.56 Å². The van der Waals surface area contributed by atoms with Crippen LogP contribution < -0.4 is 11.6 Å². The number of nitrogens with zero attached hydrogens (tertiary/aromatic N) is 1. The molecule has 0 aliphatic carbocycles. The van der Waals surface area contributed by atoms with Crippen molar-refractivity contribution in [3.05, 3.63) is 71.8 Å². The van der Waals surface area contributed by atoms with Crippen molar-refractivity contribution in [2.45, 2.75) is 32.0 Å². The fourth-order valence-electron chi connectivity index (χ4n) is 2.30. The molecule has 0 heterocycles. The van der Waals surface area contributed by atoms with Gasteiger partial charge >= 0.3 is 12.2 Å². The Morgan fingerprint density at radius 2 is 1.54 bits per heavy atom. The summed E-state index contributed by atoms with van der Waals surface area (Å²) >= 11 is 0. The van der Waals surface area contributed by atoms with Crippen LogP contribution in [0.5, 0.6) is 0 Å². The van der Waals surface area contributed by atoms with E-state index < -0.39 is 18.4 Å². The molecule has 0 aliphatic heterocycles. The number of hydrogen-bond acceptors (Lipinski definition) is 6. The summed E-state index contributed by atoms with van der Waals surface area (Å²) in [5.41, 5.74) is 7.82.